The van der Waals surface area contributed by atoms with Crippen molar-refractivity contribution in [2.75, 3.05) is 10.6 Å². The van der Waals surface area contributed by atoms with Gasteiger partial charge < -0.3 is 16.4 Å². The molecule has 1 heterocycles. The molecule has 1 aliphatic rings. The molecule has 2 aromatic rings. The molecule has 154 valence electrons. The Morgan fingerprint density at radius 3 is 2.67 bits per heavy atom. The van der Waals surface area contributed by atoms with Crippen LogP contribution < -0.4 is 21.7 Å². The smallest absolute Gasteiger partial charge is 0.271 e. The van der Waals surface area contributed by atoms with E-state index >= 15 is 0 Å². The van der Waals surface area contributed by atoms with Gasteiger partial charge in [-0.15, -0.1) is 0 Å². The van der Waals surface area contributed by atoms with Gasteiger partial charge in [-0.25, -0.2) is 4.99 Å². The highest BCUT2D eigenvalue weighted by atomic mass is 16.6. The Kier molecular flexibility index (Phi) is 6.01. The number of carbonyl (C=O) groups is 2. The molecule has 2 amide bonds. The van der Waals surface area contributed by atoms with Crippen LogP contribution in [0.2, 0.25) is 0 Å². The third-order valence-electron chi connectivity index (χ3n) is 4.09. The summed E-state index contributed by atoms with van der Waals surface area (Å²) in [5, 5.41) is 18.7. The summed E-state index contributed by atoms with van der Waals surface area (Å²) < 4.78 is 0. The number of nitro benzene ring substituents is 1. The average molecular weight is 409 g/mol. The molecule has 5 N–H and O–H groups in total. The lowest BCUT2D eigenvalue weighted by molar-refractivity contribution is -0.384. The van der Waals surface area contributed by atoms with Crippen molar-refractivity contribution in [3.63, 3.8) is 0 Å². The number of hydrogen-bond acceptors (Lipinski definition) is 6. The van der Waals surface area contributed by atoms with Gasteiger partial charge in [-0.05, 0) is 25.1 Å². The Balaban J connectivity index is 1.60. The molecule has 3 rings (SSSR count). The van der Waals surface area contributed by atoms with Gasteiger partial charge in [-0.1, -0.05) is 23.8 Å². The van der Waals surface area contributed by atoms with E-state index in [0.717, 1.165) is 11.3 Å². The summed E-state index contributed by atoms with van der Waals surface area (Å²) in [7, 11) is 0. The normalized spacial score (nSPS) is 15.9. The van der Waals surface area contributed by atoms with E-state index in [-0.39, 0.29) is 29.7 Å². The second kappa shape index (κ2) is 8.82. The lowest BCUT2D eigenvalue weighted by Crippen LogP contribution is -2.32. The number of nitrogens with zero attached hydrogens (tertiary/aromatic N) is 3. The minimum absolute atomic E-state index is 0.00902. The van der Waals surface area contributed by atoms with Crippen molar-refractivity contribution in [3.05, 3.63) is 64.2 Å². The van der Waals surface area contributed by atoms with E-state index in [0.29, 0.717) is 0 Å². The lowest BCUT2D eigenvalue weighted by atomic mass is 10.2. The topological polar surface area (TPSA) is 164 Å². The van der Waals surface area contributed by atoms with Gasteiger partial charge in [0, 0.05) is 23.5 Å². The highest BCUT2D eigenvalue weighted by molar-refractivity contribution is 6.11. The second-order valence-corrected chi connectivity index (χ2v) is 6.51. The highest BCUT2D eigenvalue weighted by Crippen LogP contribution is 2.18. The van der Waals surface area contributed by atoms with Gasteiger partial charge in [-0.2, -0.15) is 4.99 Å². The van der Waals surface area contributed by atoms with E-state index in [2.05, 4.69) is 25.9 Å². The van der Waals surface area contributed by atoms with Crippen molar-refractivity contribution in [2.24, 2.45) is 15.7 Å². The molecule has 0 aliphatic carbocycles. The number of anilines is 2. The van der Waals surface area contributed by atoms with Gasteiger partial charge in [0.05, 0.1) is 11.3 Å². The molecular weight excluding hydrogens is 390 g/mol. The van der Waals surface area contributed by atoms with Gasteiger partial charge in [0.1, 0.15) is 6.04 Å². The van der Waals surface area contributed by atoms with Crippen LogP contribution in [-0.4, -0.2) is 34.7 Å². The fraction of sp³-hybridized carbons (Fsp3) is 0.158. The van der Waals surface area contributed by atoms with Crippen molar-refractivity contribution < 1.29 is 14.5 Å². The van der Waals surface area contributed by atoms with Crippen LogP contribution in [-0.2, 0) is 9.59 Å². The van der Waals surface area contributed by atoms with Crippen LogP contribution in [0.15, 0.2) is 58.5 Å². The number of hydrogen-bond donors (Lipinski definition) is 4. The summed E-state index contributed by atoms with van der Waals surface area (Å²) in [5.41, 5.74) is 7.74. The third kappa shape index (κ3) is 5.38. The molecular formula is C19H19N7O4. The molecule has 30 heavy (non-hydrogen) atoms. The average Bonchev–Trinajstić information content (AvgIpc) is 3.02. The molecule has 0 spiro atoms. The fourth-order valence-electron chi connectivity index (χ4n) is 2.64. The molecule has 0 saturated heterocycles. The predicted octanol–water partition coefficient (Wildman–Crippen LogP) is 1.51. The van der Waals surface area contributed by atoms with E-state index in [9.17, 15) is 19.7 Å². The molecule has 1 aliphatic heterocycles. The minimum atomic E-state index is -0.977. The van der Waals surface area contributed by atoms with E-state index in [1.807, 2.05) is 31.2 Å². The number of nitro groups is 1. The monoisotopic (exact) mass is 409 g/mol. The zero-order valence-corrected chi connectivity index (χ0v) is 16.0. The fourth-order valence-corrected chi connectivity index (χ4v) is 2.64. The number of aliphatic imine (C=N–C) groups is 2. The Bertz CT molecular complexity index is 1050. The molecule has 0 saturated carbocycles. The number of nitrogens with two attached hydrogens (primary N) is 1. The van der Waals surface area contributed by atoms with Crippen molar-refractivity contribution in [1.29, 1.82) is 0 Å². The second-order valence-electron chi connectivity index (χ2n) is 6.51. The zero-order chi connectivity index (χ0) is 21.7. The van der Waals surface area contributed by atoms with Crippen LogP contribution in [0.25, 0.3) is 0 Å². The Morgan fingerprint density at radius 1 is 1.23 bits per heavy atom. The summed E-state index contributed by atoms with van der Waals surface area (Å²) in [6, 6.07) is 12.0. The van der Waals surface area contributed by atoms with Gasteiger partial charge in [0.15, 0.2) is 0 Å². The molecule has 1 atom stereocenters. The van der Waals surface area contributed by atoms with Crippen molar-refractivity contribution in [1.82, 2.24) is 5.32 Å². The molecule has 11 nitrogen and oxygen atoms in total. The van der Waals surface area contributed by atoms with E-state index < -0.39 is 22.8 Å². The maximum atomic E-state index is 12.2. The molecule has 0 aromatic heterocycles. The quantitative estimate of drug-likeness (QED) is 0.253. The molecule has 0 bridgehead atoms. The van der Waals surface area contributed by atoms with Crippen LogP contribution in [0.5, 0.6) is 0 Å². The van der Waals surface area contributed by atoms with E-state index in [1.54, 1.807) is 0 Å². The summed E-state index contributed by atoms with van der Waals surface area (Å²) in [6.45, 7) is 1.96. The number of carbonyl (C=O) groups excluding carboxylic acids is 2. The predicted molar refractivity (Wildman–Crippen MR) is 112 cm³/mol. The first-order valence-electron chi connectivity index (χ1n) is 8.91. The zero-order valence-electron chi connectivity index (χ0n) is 16.0. The number of nitrogens with one attached hydrogen (secondary N) is 3. The van der Waals surface area contributed by atoms with Gasteiger partial charge >= 0.3 is 0 Å². The molecule has 0 unspecified atom stereocenters. The summed E-state index contributed by atoms with van der Waals surface area (Å²) in [4.78, 5) is 42.6. The molecule has 0 fully saturated rings. The molecule has 11 heteroatoms. The summed E-state index contributed by atoms with van der Waals surface area (Å²) in [6.07, 6.45) is -0.251. The van der Waals surface area contributed by atoms with E-state index in [1.165, 1.54) is 24.3 Å². The molecule has 2 aromatic carbocycles. The van der Waals surface area contributed by atoms with Crippen LogP contribution in [0, 0.1) is 17.0 Å². The van der Waals surface area contributed by atoms with Gasteiger partial charge in [0.2, 0.25) is 17.8 Å². The highest BCUT2D eigenvalue weighted by Gasteiger charge is 2.28. The SMILES string of the molecule is Cc1ccc(NC(N)=NC2=N[C@H](CC(=O)Nc3cccc([N+](=O)[O-])c3)C(=O)N2)cc1. The minimum Gasteiger partial charge on any atom is -0.369 e. The van der Waals surface area contributed by atoms with Crippen LogP contribution >= 0.6 is 0 Å². The molecule has 0 radical (unpaired) electrons. The lowest BCUT2D eigenvalue weighted by Gasteiger charge is -2.06. The van der Waals surface area contributed by atoms with Gasteiger partial charge in [-0.3, -0.25) is 25.0 Å². The third-order valence-corrected chi connectivity index (χ3v) is 4.09. The van der Waals surface area contributed by atoms with Crippen molar-refractivity contribution in [3.8, 4) is 0 Å². The first kappa shape index (κ1) is 20.5. The Labute approximate surface area is 171 Å². The van der Waals surface area contributed by atoms with Crippen LogP contribution in [0.4, 0.5) is 17.1 Å². The largest absolute Gasteiger partial charge is 0.369 e. The van der Waals surface area contributed by atoms with Crippen LogP contribution in [0.1, 0.15) is 12.0 Å². The number of non-ortho nitro benzene ring substituents is 1. The van der Waals surface area contributed by atoms with E-state index in [4.69, 9.17) is 5.73 Å². The maximum absolute atomic E-state index is 12.2. The Hall–Kier alpha value is -4.28. The first-order chi connectivity index (χ1) is 14.3. The number of benzene rings is 2. The van der Waals surface area contributed by atoms with Crippen molar-refractivity contribution in [2.45, 2.75) is 19.4 Å². The van der Waals surface area contributed by atoms with Gasteiger partial charge in [0.25, 0.3) is 11.6 Å². The number of aryl methyl sites for hydroxylation is 1. The van der Waals surface area contributed by atoms with Crippen molar-refractivity contribution >= 4 is 40.8 Å². The number of rotatable bonds is 5. The van der Waals surface area contributed by atoms with Crippen LogP contribution in [0.3, 0.4) is 0 Å². The summed E-state index contributed by atoms with van der Waals surface area (Å²) >= 11 is 0. The maximum Gasteiger partial charge on any atom is 0.271 e. The first-order valence-corrected chi connectivity index (χ1v) is 8.91. The number of amides is 2. The standard InChI is InChI=1S/C19H19N7O4/c1-11-5-7-12(8-6-11)22-18(20)25-19-23-15(17(28)24-19)10-16(27)21-13-3-2-4-14(9-13)26(29)30/h2-9,15H,10H2,1H3,(H,21,27)(H4,20,22,23,24,25,28)/t15-/m1/s1. The number of guanidine groups is 2. The Morgan fingerprint density at radius 2 is 1.97 bits per heavy atom. The summed E-state index contributed by atoms with van der Waals surface area (Å²) in [5.74, 6) is -0.994.